The van der Waals surface area contributed by atoms with Crippen LogP contribution >= 0.6 is 0 Å². The van der Waals surface area contributed by atoms with E-state index in [4.69, 9.17) is 4.74 Å². The van der Waals surface area contributed by atoms with E-state index in [1.165, 1.54) is 35.5 Å². The standard InChI is InChI=1S/C17H16F3N3O2/c1-2-25-15(24)12-8-21-16(22-9-12)23-10-17(19,20)7-14(23)11-4-3-5-13(18)6-11/h3-6,8-9,14H,2,7,10H2,1H3. The zero-order chi connectivity index (χ0) is 18.0. The first-order chi connectivity index (χ1) is 11.9. The Balaban J connectivity index is 1.89. The van der Waals surface area contributed by atoms with E-state index in [-0.39, 0.29) is 18.1 Å². The zero-order valence-electron chi connectivity index (χ0n) is 13.5. The predicted octanol–water partition coefficient (Wildman–Crippen LogP) is 3.38. The van der Waals surface area contributed by atoms with Crippen molar-refractivity contribution in [3.05, 3.63) is 53.6 Å². The van der Waals surface area contributed by atoms with Crippen LogP contribution in [0.25, 0.3) is 0 Å². The van der Waals surface area contributed by atoms with E-state index in [1.54, 1.807) is 13.0 Å². The van der Waals surface area contributed by atoms with Gasteiger partial charge in [-0.3, -0.25) is 0 Å². The molecule has 0 spiro atoms. The molecule has 1 unspecified atom stereocenters. The molecule has 0 aliphatic carbocycles. The van der Waals surface area contributed by atoms with Crippen LogP contribution in [-0.4, -0.2) is 35.0 Å². The summed E-state index contributed by atoms with van der Waals surface area (Å²) in [6.45, 7) is 1.30. The van der Waals surface area contributed by atoms with E-state index in [1.807, 2.05) is 0 Å². The highest BCUT2D eigenvalue weighted by molar-refractivity contribution is 5.88. The molecule has 132 valence electrons. The van der Waals surface area contributed by atoms with Crippen molar-refractivity contribution in [2.24, 2.45) is 0 Å². The second kappa shape index (κ2) is 6.70. The van der Waals surface area contributed by atoms with Crippen LogP contribution < -0.4 is 4.90 Å². The molecule has 1 atom stereocenters. The summed E-state index contributed by atoms with van der Waals surface area (Å²) >= 11 is 0. The van der Waals surface area contributed by atoms with E-state index in [0.29, 0.717) is 5.56 Å². The fraction of sp³-hybridized carbons (Fsp3) is 0.353. The van der Waals surface area contributed by atoms with Crippen LogP contribution in [0.3, 0.4) is 0 Å². The van der Waals surface area contributed by atoms with Crippen LogP contribution in [0.2, 0.25) is 0 Å². The van der Waals surface area contributed by atoms with Crippen LogP contribution in [-0.2, 0) is 4.74 Å². The molecule has 25 heavy (non-hydrogen) atoms. The van der Waals surface area contributed by atoms with Crippen LogP contribution in [0.4, 0.5) is 19.1 Å². The molecule has 5 nitrogen and oxygen atoms in total. The van der Waals surface area contributed by atoms with Gasteiger partial charge in [-0.2, -0.15) is 0 Å². The van der Waals surface area contributed by atoms with Crippen molar-refractivity contribution in [2.45, 2.75) is 25.3 Å². The highest BCUT2D eigenvalue weighted by Crippen LogP contribution is 2.42. The maximum atomic E-state index is 14.0. The summed E-state index contributed by atoms with van der Waals surface area (Å²) < 4.78 is 46.2. The number of nitrogens with zero attached hydrogens (tertiary/aromatic N) is 3. The molecule has 3 rings (SSSR count). The fourth-order valence-electron chi connectivity index (χ4n) is 2.83. The van der Waals surface area contributed by atoms with E-state index in [2.05, 4.69) is 9.97 Å². The Kier molecular flexibility index (Phi) is 4.61. The molecular weight excluding hydrogens is 335 g/mol. The van der Waals surface area contributed by atoms with Gasteiger partial charge < -0.3 is 9.64 Å². The maximum Gasteiger partial charge on any atom is 0.341 e. The lowest BCUT2D eigenvalue weighted by Gasteiger charge is -2.24. The van der Waals surface area contributed by atoms with Gasteiger partial charge in [-0.15, -0.1) is 0 Å². The first kappa shape index (κ1) is 17.2. The molecule has 0 saturated carbocycles. The predicted molar refractivity (Wildman–Crippen MR) is 84.0 cm³/mol. The number of aromatic nitrogens is 2. The van der Waals surface area contributed by atoms with Crippen LogP contribution in [0.1, 0.15) is 35.3 Å². The second-order valence-corrected chi connectivity index (χ2v) is 5.75. The molecule has 1 aromatic heterocycles. The molecule has 0 N–H and O–H groups in total. The number of benzene rings is 1. The number of anilines is 1. The normalized spacial score (nSPS) is 19.0. The average molecular weight is 351 g/mol. The lowest BCUT2D eigenvalue weighted by Crippen LogP contribution is -2.28. The summed E-state index contributed by atoms with van der Waals surface area (Å²) in [5.74, 6) is -3.96. The largest absolute Gasteiger partial charge is 0.462 e. The molecule has 0 amide bonds. The molecule has 0 radical (unpaired) electrons. The molecule has 1 aliphatic rings. The summed E-state index contributed by atoms with van der Waals surface area (Å²) in [5.41, 5.74) is 0.564. The quantitative estimate of drug-likeness (QED) is 0.791. The topological polar surface area (TPSA) is 55.3 Å². The molecule has 0 bridgehead atoms. The van der Waals surface area contributed by atoms with Gasteiger partial charge in [-0.25, -0.2) is 27.9 Å². The molecular formula is C17H16F3N3O2. The van der Waals surface area contributed by atoms with Crippen molar-refractivity contribution >= 4 is 11.9 Å². The molecule has 2 heterocycles. The van der Waals surface area contributed by atoms with Crippen LogP contribution in [0.15, 0.2) is 36.7 Å². The smallest absolute Gasteiger partial charge is 0.341 e. The number of alkyl halides is 2. The van der Waals surface area contributed by atoms with E-state index < -0.39 is 36.7 Å². The Labute approximate surface area is 142 Å². The molecule has 2 aromatic rings. The Morgan fingerprint density at radius 2 is 2.08 bits per heavy atom. The van der Waals surface area contributed by atoms with Crippen molar-refractivity contribution in [3.8, 4) is 0 Å². The van der Waals surface area contributed by atoms with Crippen molar-refractivity contribution < 1.29 is 22.7 Å². The fourth-order valence-corrected chi connectivity index (χ4v) is 2.83. The third kappa shape index (κ3) is 3.72. The lowest BCUT2D eigenvalue weighted by atomic mass is 10.0. The summed E-state index contributed by atoms with van der Waals surface area (Å²) in [6.07, 6.45) is 2.01. The van der Waals surface area contributed by atoms with Gasteiger partial charge >= 0.3 is 5.97 Å². The monoisotopic (exact) mass is 351 g/mol. The SMILES string of the molecule is CCOC(=O)c1cnc(N2CC(F)(F)CC2c2cccc(F)c2)nc1. The number of carbonyl (C=O) groups is 1. The number of carbonyl (C=O) groups excluding carboxylic acids is 1. The molecule has 1 aromatic carbocycles. The Hall–Kier alpha value is -2.64. The molecule has 1 aliphatic heterocycles. The Morgan fingerprint density at radius 3 is 2.72 bits per heavy atom. The number of esters is 1. The van der Waals surface area contributed by atoms with Crippen molar-refractivity contribution in [1.29, 1.82) is 0 Å². The van der Waals surface area contributed by atoms with Gasteiger partial charge in [0.1, 0.15) is 5.82 Å². The van der Waals surface area contributed by atoms with E-state index in [0.717, 1.165) is 0 Å². The number of ether oxygens (including phenoxy) is 1. The lowest BCUT2D eigenvalue weighted by molar-refractivity contribution is 0.0222. The minimum atomic E-state index is -2.94. The third-order valence-electron chi connectivity index (χ3n) is 3.91. The van der Waals surface area contributed by atoms with Crippen LogP contribution in [0.5, 0.6) is 0 Å². The van der Waals surface area contributed by atoms with Crippen molar-refractivity contribution in [1.82, 2.24) is 9.97 Å². The average Bonchev–Trinajstić information content (AvgIpc) is 2.91. The summed E-state index contributed by atoms with van der Waals surface area (Å²) in [4.78, 5) is 21.0. The summed E-state index contributed by atoms with van der Waals surface area (Å²) in [5, 5.41) is 0. The molecule has 1 saturated heterocycles. The van der Waals surface area contributed by atoms with Crippen molar-refractivity contribution in [2.75, 3.05) is 18.1 Å². The number of rotatable bonds is 4. The van der Waals surface area contributed by atoms with Gasteiger partial charge in [0.25, 0.3) is 5.92 Å². The van der Waals surface area contributed by atoms with Crippen molar-refractivity contribution in [3.63, 3.8) is 0 Å². The molecule has 8 heteroatoms. The van der Waals surface area contributed by atoms with Gasteiger partial charge in [-0.05, 0) is 24.6 Å². The van der Waals surface area contributed by atoms with E-state index in [9.17, 15) is 18.0 Å². The van der Waals surface area contributed by atoms with Crippen LogP contribution in [0, 0.1) is 5.82 Å². The number of hydrogen-bond acceptors (Lipinski definition) is 5. The summed E-state index contributed by atoms with van der Waals surface area (Å²) in [7, 11) is 0. The first-order valence-electron chi connectivity index (χ1n) is 7.79. The zero-order valence-corrected chi connectivity index (χ0v) is 13.5. The third-order valence-corrected chi connectivity index (χ3v) is 3.91. The first-order valence-corrected chi connectivity index (χ1v) is 7.79. The van der Waals surface area contributed by atoms with Gasteiger partial charge in [-0.1, -0.05) is 12.1 Å². The second-order valence-electron chi connectivity index (χ2n) is 5.75. The number of halogens is 3. The van der Waals surface area contributed by atoms with Gasteiger partial charge in [0.2, 0.25) is 5.95 Å². The van der Waals surface area contributed by atoms with Gasteiger partial charge in [0, 0.05) is 18.8 Å². The Morgan fingerprint density at radius 1 is 1.36 bits per heavy atom. The highest BCUT2D eigenvalue weighted by Gasteiger charge is 2.46. The van der Waals surface area contributed by atoms with E-state index >= 15 is 0 Å². The van der Waals surface area contributed by atoms with Gasteiger partial charge in [0.05, 0.1) is 24.8 Å². The van der Waals surface area contributed by atoms with Gasteiger partial charge in [0.15, 0.2) is 0 Å². The minimum absolute atomic E-state index is 0.0551. The molecule has 1 fully saturated rings. The maximum absolute atomic E-state index is 14.0. The minimum Gasteiger partial charge on any atom is -0.462 e. The number of hydrogen-bond donors (Lipinski definition) is 0. The summed E-state index contributed by atoms with van der Waals surface area (Å²) in [6, 6.07) is 4.80. The Bertz CT molecular complexity index is 768. The highest BCUT2D eigenvalue weighted by atomic mass is 19.3.